The van der Waals surface area contributed by atoms with Gasteiger partial charge in [-0.1, -0.05) is 13.0 Å². The molecule has 0 N–H and O–H groups in total. The molecular formula is C9H13N. The number of hydrogen-bond acceptors (Lipinski definition) is 1. The Morgan fingerprint density at radius 1 is 1.30 bits per heavy atom. The Morgan fingerprint density at radius 2 is 2.00 bits per heavy atom. The number of pyridine rings is 1. The summed E-state index contributed by atoms with van der Waals surface area (Å²) in [4.78, 5) is 4.39. The Morgan fingerprint density at radius 3 is 2.50 bits per heavy atom. The van der Waals surface area contributed by atoms with Gasteiger partial charge < -0.3 is 0 Å². The van der Waals surface area contributed by atoms with Gasteiger partial charge in [0.15, 0.2) is 0 Å². The molecular weight excluding hydrogens is 122 g/mol. The van der Waals surface area contributed by atoms with E-state index < -0.39 is 0 Å². The third kappa shape index (κ3) is 1.35. The van der Waals surface area contributed by atoms with Crippen LogP contribution in [0, 0.1) is 13.8 Å². The summed E-state index contributed by atoms with van der Waals surface area (Å²) in [5, 5.41) is 0. The van der Waals surface area contributed by atoms with E-state index in [2.05, 4.69) is 31.0 Å². The molecule has 0 amide bonds. The number of aryl methyl sites for hydroxylation is 3. The average molecular weight is 135 g/mol. The van der Waals surface area contributed by atoms with Crippen LogP contribution in [-0.2, 0) is 6.42 Å². The summed E-state index contributed by atoms with van der Waals surface area (Å²) >= 11 is 0. The highest BCUT2D eigenvalue weighted by molar-refractivity contribution is 5.20. The molecule has 0 aromatic carbocycles. The topological polar surface area (TPSA) is 12.9 Å². The zero-order valence-corrected chi connectivity index (χ0v) is 6.81. The molecule has 0 radical (unpaired) electrons. The van der Waals surface area contributed by atoms with Crippen molar-refractivity contribution in [2.75, 3.05) is 0 Å². The van der Waals surface area contributed by atoms with Gasteiger partial charge in [-0.25, -0.2) is 0 Å². The monoisotopic (exact) mass is 135 g/mol. The van der Waals surface area contributed by atoms with Gasteiger partial charge in [-0.2, -0.15) is 0 Å². The lowest BCUT2D eigenvalue weighted by atomic mass is 10.1. The van der Waals surface area contributed by atoms with Gasteiger partial charge in [-0.15, -0.1) is 0 Å². The van der Waals surface area contributed by atoms with E-state index in [0.29, 0.717) is 0 Å². The molecule has 1 nitrogen and oxygen atoms in total. The van der Waals surface area contributed by atoms with Crippen molar-refractivity contribution in [2.24, 2.45) is 0 Å². The van der Waals surface area contributed by atoms with Crippen LogP contribution >= 0.6 is 0 Å². The molecule has 0 atom stereocenters. The Labute approximate surface area is 62.1 Å². The lowest BCUT2D eigenvalue weighted by Gasteiger charge is -2.01. The van der Waals surface area contributed by atoms with Crippen molar-refractivity contribution in [1.82, 2.24) is 4.98 Å². The van der Waals surface area contributed by atoms with E-state index in [0.717, 1.165) is 12.1 Å². The molecule has 0 saturated carbocycles. The molecule has 54 valence electrons. The highest BCUT2D eigenvalue weighted by atomic mass is 14.7. The molecule has 10 heavy (non-hydrogen) atoms. The zero-order chi connectivity index (χ0) is 7.56. The van der Waals surface area contributed by atoms with Crippen LogP contribution < -0.4 is 0 Å². The van der Waals surface area contributed by atoms with E-state index >= 15 is 0 Å². The van der Waals surface area contributed by atoms with Gasteiger partial charge in [-0.05, 0) is 31.9 Å². The van der Waals surface area contributed by atoms with Crippen molar-refractivity contribution in [3.05, 3.63) is 29.1 Å². The van der Waals surface area contributed by atoms with Crippen LogP contribution in [0.3, 0.4) is 0 Å². The first-order valence-electron chi connectivity index (χ1n) is 3.67. The quantitative estimate of drug-likeness (QED) is 0.575. The number of hydrogen-bond donors (Lipinski definition) is 0. The lowest BCUT2D eigenvalue weighted by molar-refractivity contribution is 0.982. The number of nitrogens with zero attached hydrogens (tertiary/aromatic N) is 1. The normalized spacial score (nSPS) is 9.90. The highest BCUT2D eigenvalue weighted by Crippen LogP contribution is 2.05. The summed E-state index contributed by atoms with van der Waals surface area (Å²) in [5.74, 6) is 0. The van der Waals surface area contributed by atoms with Crippen LogP contribution in [0.15, 0.2) is 12.1 Å². The number of aromatic nitrogens is 1. The number of rotatable bonds is 1. The van der Waals surface area contributed by atoms with Crippen molar-refractivity contribution in [3.8, 4) is 0 Å². The average Bonchev–Trinajstić information content (AvgIpc) is 1.94. The van der Waals surface area contributed by atoms with Crippen LogP contribution in [-0.4, -0.2) is 4.98 Å². The van der Waals surface area contributed by atoms with Gasteiger partial charge in [0, 0.05) is 11.4 Å². The molecule has 0 spiro atoms. The fourth-order valence-corrected chi connectivity index (χ4v) is 1.04. The van der Waals surface area contributed by atoms with E-state index in [9.17, 15) is 0 Å². The molecule has 1 rings (SSSR count). The molecule has 1 heteroatoms. The minimum Gasteiger partial charge on any atom is -0.258 e. The zero-order valence-electron chi connectivity index (χ0n) is 6.81. The molecule has 1 heterocycles. The Kier molecular flexibility index (Phi) is 2.05. The van der Waals surface area contributed by atoms with Gasteiger partial charge in [0.2, 0.25) is 0 Å². The minimum absolute atomic E-state index is 1.04. The van der Waals surface area contributed by atoms with Gasteiger partial charge in [0.25, 0.3) is 0 Å². The fourth-order valence-electron chi connectivity index (χ4n) is 1.04. The predicted octanol–water partition coefficient (Wildman–Crippen LogP) is 2.26. The van der Waals surface area contributed by atoms with Crippen molar-refractivity contribution in [1.29, 1.82) is 0 Å². The van der Waals surface area contributed by atoms with Gasteiger partial charge in [0.05, 0.1) is 0 Å². The maximum atomic E-state index is 4.39. The lowest BCUT2D eigenvalue weighted by Crippen LogP contribution is -1.92. The van der Waals surface area contributed by atoms with Crippen LogP contribution in [0.5, 0.6) is 0 Å². The summed E-state index contributed by atoms with van der Waals surface area (Å²) in [7, 11) is 0. The molecule has 0 aliphatic heterocycles. The molecule has 0 aliphatic rings. The van der Waals surface area contributed by atoms with Crippen molar-refractivity contribution >= 4 is 0 Å². The minimum atomic E-state index is 1.04. The van der Waals surface area contributed by atoms with Gasteiger partial charge >= 0.3 is 0 Å². The second-order valence-electron chi connectivity index (χ2n) is 2.57. The maximum Gasteiger partial charge on any atom is 0.0433 e. The van der Waals surface area contributed by atoms with Crippen LogP contribution in [0.4, 0.5) is 0 Å². The van der Waals surface area contributed by atoms with Crippen molar-refractivity contribution in [2.45, 2.75) is 27.2 Å². The summed E-state index contributed by atoms with van der Waals surface area (Å²) < 4.78 is 0. The Bertz CT molecular complexity index is 228. The van der Waals surface area contributed by atoms with Crippen LogP contribution in [0.25, 0.3) is 0 Å². The molecule has 0 aliphatic carbocycles. The van der Waals surface area contributed by atoms with Crippen molar-refractivity contribution in [3.63, 3.8) is 0 Å². The predicted molar refractivity (Wildman–Crippen MR) is 43.1 cm³/mol. The molecule has 0 saturated heterocycles. The second-order valence-corrected chi connectivity index (χ2v) is 2.57. The molecule has 0 bridgehead atoms. The van der Waals surface area contributed by atoms with E-state index in [1.165, 1.54) is 11.3 Å². The largest absolute Gasteiger partial charge is 0.258 e. The van der Waals surface area contributed by atoms with Crippen LogP contribution in [0.1, 0.15) is 23.9 Å². The summed E-state index contributed by atoms with van der Waals surface area (Å²) in [6.45, 7) is 6.26. The second kappa shape index (κ2) is 2.82. The van der Waals surface area contributed by atoms with E-state index in [1.807, 2.05) is 6.92 Å². The van der Waals surface area contributed by atoms with Gasteiger partial charge in [0.1, 0.15) is 0 Å². The summed E-state index contributed by atoms with van der Waals surface area (Å²) in [6, 6.07) is 4.18. The van der Waals surface area contributed by atoms with E-state index in [4.69, 9.17) is 0 Å². The third-order valence-electron chi connectivity index (χ3n) is 1.68. The standard InChI is InChI=1S/C9H13N/c1-4-9-7(2)5-6-8(3)10-9/h5-6H,4H2,1-3H3. The fraction of sp³-hybridized carbons (Fsp3) is 0.444. The SMILES string of the molecule is CCc1nc(C)ccc1C. The Balaban J connectivity index is 3.09. The molecule has 1 aromatic rings. The third-order valence-corrected chi connectivity index (χ3v) is 1.68. The Hall–Kier alpha value is -0.850. The molecule has 1 aromatic heterocycles. The highest BCUT2D eigenvalue weighted by Gasteiger charge is 1.95. The first kappa shape index (κ1) is 7.26. The van der Waals surface area contributed by atoms with Crippen molar-refractivity contribution < 1.29 is 0 Å². The molecule has 0 unspecified atom stereocenters. The molecule has 0 fully saturated rings. The van der Waals surface area contributed by atoms with E-state index in [-0.39, 0.29) is 0 Å². The first-order valence-corrected chi connectivity index (χ1v) is 3.67. The smallest absolute Gasteiger partial charge is 0.0433 e. The van der Waals surface area contributed by atoms with Crippen LogP contribution in [0.2, 0.25) is 0 Å². The van der Waals surface area contributed by atoms with Gasteiger partial charge in [-0.3, -0.25) is 4.98 Å². The summed E-state index contributed by atoms with van der Waals surface area (Å²) in [6.07, 6.45) is 1.04. The summed E-state index contributed by atoms with van der Waals surface area (Å²) in [5.41, 5.74) is 3.63. The maximum absolute atomic E-state index is 4.39. The first-order chi connectivity index (χ1) is 4.74. The van der Waals surface area contributed by atoms with E-state index in [1.54, 1.807) is 0 Å².